The summed E-state index contributed by atoms with van der Waals surface area (Å²) >= 11 is 0. The molecule has 0 saturated carbocycles. The topological polar surface area (TPSA) is 87.7 Å². The van der Waals surface area contributed by atoms with Crippen LogP contribution in [0, 0.1) is 0 Å². The molecule has 0 unspecified atom stereocenters. The number of amides is 2. The Labute approximate surface area is 123 Å². The van der Waals surface area contributed by atoms with Crippen LogP contribution in [0.5, 0.6) is 5.75 Å². The number of phenolic OH excluding ortho intramolecular Hbond substituents is 1. The second kappa shape index (κ2) is 8.63. The van der Waals surface area contributed by atoms with E-state index in [1.807, 2.05) is 6.92 Å². The number of hydrogen-bond donors (Lipinski definition) is 3. The monoisotopic (exact) mass is 292 g/mol. The Kier molecular flexibility index (Phi) is 6.80. The van der Waals surface area contributed by atoms with Crippen molar-refractivity contribution in [1.29, 1.82) is 0 Å². The molecule has 0 radical (unpaired) electrons. The maximum atomic E-state index is 11.6. The van der Waals surface area contributed by atoms with Gasteiger partial charge in [0.1, 0.15) is 5.75 Å². The zero-order valence-electron chi connectivity index (χ0n) is 12.2. The molecule has 0 fully saturated rings. The van der Waals surface area contributed by atoms with Crippen molar-refractivity contribution < 1.29 is 19.4 Å². The summed E-state index contributed by atoms with van der Waals surface area (Å²) in [6, 6.07) is 5.64. The van der Waals surface area contributed by atoms with E-state index in [9.17, 15) is 14.7 Å². The van der Waals surface area contributed by atoms with Crippen molar-refractivity contribution in [3.8, 4) is 5.75 Å². The predicted octanol–water partition coefficient (Wildman–Crippen LogP) is 2.76. The highest BCUT2D eigenvalue weighted by atomic mass is 16.5. The van der Waals surface area contributed by atoms with Crippen molar-refractivity contribution >= 4 is 17.7 Å². The Morgan fingerprint density at radius 1 is 1.38 bits per heavy atom. The third-order valence-corrected chi connectivity index (χ3v) is 2.58. The first kappa shape index (κ1) is 16.6. The summed E-state index contributed by atoms with van der Waals surface area (Å²) in [5.41, 5.74) is 0.751. The third kappa shape index (κ3) is 6.47. The summed E-state index contributed by atoms with van der Waals surface area (Å²) < 4.78 is 5.00. The first-order valence-electron chi connectivity index (χ1n) is 6.73. The second-order valence-corrected chi connectivity index (χ2v) is 4.47. The molecule has 1 aromatic carbocycles. The van der Waals surface area contributed by atoms with Gasteiger partial charge in [0.25, 0.3) is 0 Å². The Morgan fingerprint density at radius 2 is 2.14 bits per heavy atom. The lowest BCUT2D eigenvalue weighted by Gasteiger charge is -2.06. The standard InChI is InChI=1S/C15H20N2O4/c1-3-4-8-21-14(19)11(2)10-16-15(20)17-12-6-5-7-13(18)9-12/h5-7,9-10,18H,3-4,8H2,1-2H3,(H2,16,17,20). The lowest BCUT2D eigenvalue weighted by atomic mass is 10.3. The summed E-state index contributed by atoms with van der Waals surface area (Å²) in [5, 5.41) is 14.2. The summed E-state index contributed by atoms with van der Waals surface area (Å²) in [6.07, 6.45) is 3.04. The second-order valence-electron chi connectivity index (χ2n) is 4.47. The molecule has 0 atom stereocenters. The molecule has 0 bridgehead atoms. The third-order valence-electron chi connectivity index (χ3n) is 2.58. The minimum Gasteiger partial charge on any atom is -0.508 e. The van der Waals surface area contributed by atoms with Crippen LogP contribution in [-0.2, 0) is 9.53 Å². The van der Waals surface area contributed by atoms with Crippen LogP contribution in [0.4, 0.5) is 10.5 Å². The van der Waals surface area contributed by atoms with Gasteiger partial charge in [-0.3, -0.25) is 0 Å². The highest BCUT2D eigenvalue weighted by molar-refractivity contribution is 5.92. The van der Waals surface area contributed by atoms with E-state index >= 15 is 0 Å². The number of ether oxygens (including phenoxy) is 1. The summed E-state index contributed by atoms with van der Waals surface area (Å²) in [6.45, 7) is 3.93. The van der Waals surface area contributed by atoms with Crippen LogP contribution < -0.4 is 10.6 Å². The number of benzene rings is 1. The van der Waals surface area contributed by atoms with E-state index in [0.29, 0.717) is 17.9 Å². The van der Waals surface area contributed by atoms with Gasteiger partial charge in [-0.2, -0.15) is 0 Å². The Balaban J connectivity index is 2.43. The maximum Gasteiger partial charge on any atom is 0.335 e. The number of aromatic hydroxyl groups is 1. The molecule has 0 spiro atoms. The smallest absolute Gasteiger partial charge is 0.335 e. The van der Waals surface area contributed by atoms with Crippen LogP contribution in [0.2, 0.25) is 0 Å². The molecular weight excluding hydrogens is 272 g/mol. The number of esters is 1. The average Bonchev–Trinajstić information content (AvgIpc) is 2.45. The van der Waals surface area contributed by atoms with Crippen LogP contribution in [-0.4, -0.2) is 23.7 Å². The van der Waals surface area contributed by atoms with Crippen molar-refractivity contribution in [2.45, 2.75) is 26.7 Å². The Morgan fingerprint density at radius 3 is 2.81 bits per heavy atom. The summed E-state index contributed by atoms with van der Waals surface area (Å²) in [7, 11) is 0. The number of unbranched alkanes of at least 4 members (excludes halogenated alkanes) is 1. The summed E-state index contributed by atoms with van der Waals surface area (Å²) in [5.74, 6) is -0.403. The van der Waals surface area contributed by atoms with E-state index in [1.54, 1.807) is 19.1 Å². The van der Waals surface area contributed by atoms with Gasteiger partial charge in [0, 0.05) is 18.0 Å². The molecule has 0 heterocycles. The van der Waals surface area contributed by atoms with Gasteiger partial charge in [-0.25, -0.2) is 9.59 Å². The van der Waals surface area contributed by atoms with Crippen molar-refractivity contribution in [2.24, 2.45) is 0 Å². The van der Waals surface area contributed by atoms with Crippen molar-refractivity contribution in [3.05, 3.63) is 36.0 Å². The van der Waals surface area contributed by atoms with E-state index in [2.05, 4.69) is 10.6 Å². The minimum absolute atomic E-state index is 0.0547. The van der Waals surface area contributed by atoms with Crippen molar-refractivity contribution in [2.75, 3.05) is 11.9 Å². The highest BCUT2D eigenvalue weighted by Crippen LogP contribution is 2.14. The SMILES string of the molecule is CCCCOC(=O)C(C)=CNC(=O)Nc1cccc(O)c1. The van der Waals surface area contributed by atoms with Crippen LogP contribution in [0.3, 0.4) is 0 Å². The fraction of sp³-hybridized carbons (Fsp3) is 0.333. The van der Waals surface area contributed by atoms with E-state index in [-0.39, 0.29) is 5.75 Å². The number of nitrogens with one attached hydrogen (secondary N) is 2. The fourth-order valence-electron chi connectivity index (χ4n) is 1.41. The van der Waals surface area contributed by atoms with Gasteiger partial charge in [0.2, 0.25) is 0 Å². The van der Waals surface area contributed by atoms with Gasteiger partial charge < -0.3 is 20.5 Å². The minimum atomic E-state index is -0.513. The van der Waals surface area contributed by atoms with Gasteiger partial charge in [0.05, 0.1) is 12.2 Å². The van der Waals surface area contributed by atoms with Gasteiger partial charge in [-0.15, -0.1) is 0 Å². The molecule has 0 aliphatic carbocycles. The van der Waals surface area contributed by atoms with Gasteiger partial charge in [-0.1, -0.05) is 19.4 Å². The first-order valence-corrected chi connectivity index (χ1v) is 6.73. The number of carbonyl (C=O) groups excluding carboxylic acids is 2. The molecule has 21 heavy (non-hydrogen) atoms. The van der Waals surface area contributed by atoms with Crippen LogP contribution in [0.15, 0.2) is 36.0 Å². The van der Waals surface area contributed by atoms with Crippen molar-refractivity contribution in [1.82, 2.24) is 5.32 Å². The van der Waals surface area contributed by atoms with Gasteiger partial charge >= 0.3 is 12.0 Å². The molecule has 0 aliphatic rings. The lowest BCUT2D eigenvalue weighted by molar-refractivity contribution is -0.139. The largest absolute Gasteiger partial charge is 0.508 e. The molecule has 6 nitrogen and oxygen atoms in total. The molecule has 114 valence electrons. The molecule has 2 amide bonds. The maximum absolute atomic E-state index is 11.6. The van der Waals surface area contributed by atoms with E-state index < -0.39 is 12.0 Å². The van der Waals surface area contributed by atoms with Gasteiger partial charge in [-0.05, 0) is 25.5 Å². The molecule has 0 aromatic heterocycles. The Hall–Kier alpha value is -2.50. The van der Waals surface area contributed by atoms with Crippen LogP contribution in [0.1, 0.15) is 26.7 Å². The predicted molar refractivity (Wildman–Crippen MR) is 79.9 cm³/mol. The molecule has 6 heteroatoms. The molecule has 1 rings (SSSR count). The average molecular weight is 292 g/mol. The lowest BCUT2D eigenvalue weighted by Crippen LogP contribution is -2.25. The van der Waals surface area contributed by atoms with Crippen LogP contribution in [0.25, 0.3) is 0 Å². The summed E-state index contributed by atoms with van der Waals surface area (Å²) in [4.78, 5) is 23.1. The number of urea groups is 1. The zero-order chi connectivity index (χ0) is 15.7. The number of hydrogen-bond acceptors (Lipinski definition) is 4. The Bertz CT molecular complexity index is 526. The molecular formula is C15H20N2O4. The van der Waals surface area contributed by atoms with Crippen LogP contribution >= 0.6 is 0 Å². The highest BCUT2D eigenvalue weighted by Gasteiger charge is 2.06. The van der Waals surface area contributed by atoms with Gasteiger partial charge in [0.15, 0.2) is 0 Å². The number of anilines is 1. The van der Waals surface area contributed by atoms with E-state index in [4.69, 9.17) is 4.74 Å². The van der Waals surface area contributed by atoms with Crippen molar-refractivity contribution in [3.63, 3.8) is 0 Å². The zero-order valence-corrected chi connectivity index (χ0v) is 12.2. The molecule has 3 N–H and O–H groups in total. The number of carbonyl (C=O) groups is 2. The van der Waals surface area contributed by atoms with E-state index in [1.165, 1.54) is 18.3 Å². The number of phenols is 1. The molecule has 0 saturated heterocycles. The normalized spacial score (nSPS) is 10.9. The quantitative estimate of drug-likeness (QED) is 0.427. The molecule has 0 aliphatic heterocycles. The fourth-order valence-corrected chi connectivity index (χ4v) is 1.41. The van der Waals surface area contributed by atoms with E-state index in [0.717, 1.165) is 12.8 Å². The molecule has 1 aromatic rings. The first-order chi connectivity index (χ1) is 10.0. The number of rotatable bonds is 6.